The number of nitrogens with zero attached hydrogens (tertiary/aromatic N) is 1. The maximum Gasteiger partial charge on any atom is 0.335 e. The van der Waals surface area contributed by atoms with Gasteiger partial charge in [0.2, 0.25) is 0 Å². The van der Waals surface area contributed by atoms with Gasteiger partial charge in [0.15, 0.2) is 5.84 Å². The molecule has 0 amide bonds. The smallest absolute Gasteiger partial charge is 0.335 e. The fourth-order valence-electron chi connectivity index (χ4n) is 1.10. The Bertz CT molecular complexity index is 447. The predicted molar refractivity (Wildman–Crippen MR) is 68.2 cm³/mol. The van der Waals surface area contributed by atoms with E-state index in [-0.39, 0.29) is 5.84 Å². The number of carbonyl (C=O) groups excluding carboxylic acids is 1. The van der Waals surface area contributed by atoms with Crippen molar-refractivity contribution in [2.75, 3.05) is 0 Å². The number of halogens is 2. The van der Waals surface area contributed by atoms with E-state index in [4.69, 9.17) is 28.9 Å². The molecule has 0 bridgehead atoms. The van der Waals surface area contributed by atoms with Gasteiger partial charge in [0.25, 0.3) is 0 Å². The maximum atomic E-state index is 11.1. The van der Waals surface area contributed by atoms with Crippen molar-refractivity contribution < 1.29 is 9.63 Å². The van der Waals surface area contributed by atoms with Gasteiger partial charge in [-0.3, -0.25) is 0 Å². The molecule has 17 heavy (non-hydrogen) atoms. The zero-order valence-corrected chi connectivity index (χ0v) is 10.8. The number of carbonyl (C=O) groups is 1. The third kappa shape index (κ3) is 4.24. The average Bonchev–Trinajstić information content (AvgIpc) is 2.26. The highest BCUT2D eigenvalue weighted by Crippen LogP contribution is 2.20. The van der Waals surface area contributed by atoms with E-state index in [1.807, 2.05) is 6.92 Å². The van der Waals surface area contributed by atoms with E-state index >= 15 is 0 Å². The summed E-state index contributed by atoms with van der Waals surface area (Å²) in [4.78, 5) is 15.7. The minimum atomic E-state index is -0.430. The molecule has 6 heteroatoms. The number of rotatable bonds is 4. The topological polar surface area (TPSA) is 64.7 Å². The summed E-state index contributed by atoms with van der Waals surface area (Å²) in [5.74, 6) is -0.392. The molecule has 0 aliphatic rings. The third-order valence-electron chi connectivity index (χ3n) is 1.91. The van der Waals surface area contributed by atoms with Crippen molar-refractivity contribution in [3.8, 4) is 0 Å². The van der Waals surface area contributed by atoms with Gasteiger partial charge in [0.05, 0.1) is 5.02 Å². The number of oxime groups is 1. The summed E-state index contributed by atoms with van der Waals surface area (Å²) in [6.45, 7) is 1.87. The van der Waals surface area contributed by atoms with Crippen molar-refractivity contribution in [3.05, 3.63) is 33.8 Å². The van der Waals surface area contributed by atoms with Crippen LogP contribution in [0, 0.1) is 0 Å². The predicted octanol–water partition coefficient (Wildman–Crippen LogP) is 2.96. The minimum absolute atomic E-state index is 0.0381. The van der Waals surface area contributed by atoms with Gasteiger partial charge in [-0.05, 0) is 24.6 Å². The second kappa shape index (κ2) is 6.47. The standard InChI is InChI=1S/C11H12Cl2N2O2/c1-2-3-10(16)17-15-11(14)8-5-4-7(12)6-9(8)13/h4-6H,2-3H2,1H3,(H2,14,15). The first kappa shape index (κ1) is 13.8. The van der Waals surface area contributed by atoms with Crippen LogP contribution in [0.25, 0.3) is 0 Å². The molecule has 0 fully saturated rings. The van der Waals surface area contributed by atoms with E-state index in [1.165, 1.54) is 6.07 Å². The Kier molecular flexibility index (Phi) is 5.25. The van der Waals surface area contributed by atoms with Crippen molar-refractivity contribution in [3.63, 3.8) is 0 Å². The molecular weight excluding hydrogens is 263 g/mol. The van der Waals surface area contributed by atoms with Gasteiger partial charge >= 0.3 is 5.97 Å². The van der Waals surface area contributed by atoms with Crippen LogP contribution in [0.4, 0.5) is 0 Å². The van der Waals surface area contributed by atoms with Crippen molar-refractivity contribution in [2.24, 2.45) is 10.9 Å². The minimum Gasteiger partial charge on any atom is -0.380 e. The van der Waals surface area contributed by atoms with Crippen LogP contribution in [0.2, 0.25) is 10.0 Å². The first-order valence-corrected chi connectivity index (χ1v) is 5.79. The second-order valence-electron chi connectivity index (χ2n) is 3.31. The van der Waals surface area contributed by atoms with Gasteiger partial charge in [-0.1, -0.05) is 35.3 Å². The lowest BCUT2D eigenvalue weighted by Gasteiger charge is -2.03. The molecule has 0 heterocycles. The summed E-state index contributed by atoms with van der Waals surface area (Å²) >= 11 is 11.7. The summed E-state index contributed by atoms with van der Waals surface area (Å²) in [6, 6.07) is 4.77. The van der Waals surface area contributed by atoms with E-state index in [1.54, 1.807) is 12.1 Å². The quantitative estimate of drug-likeness (QED) is 0.397. The molecule has 0 saturated carbocycles. The van der Waals surface area contributed by atoms with Crippen LogP contribution in [0.15, 0.2) is 23.4 Å². The van der Waals surface area contributed by atoms with Crippen LogP contribution in [-0.4, -0.2) is 11.8 Å². The van der Waals surface area contributed by atoms with Gasteiger partial charge < -0.3 is 10.6 Å². The van der Waals surface area contributed by atoms with Crippen molar-refractivity contribution in [1.29, 1.82) is 0 Å². The lowest BCUT2D eigenvalue weighted by atomic mass is 10.2. The molecule has 0 saturated heterocycles. The van der Waals surface area contributed by atoms with Crippen molar-refractivity contribution in [1.82, 2.24) is 0 Å². The number of benzene rings is 1. The Labute approximate surface area is 109 Å². The van der Waals surface area contributed by atoms with Gasteiger partial charge in [-0.25, -0.2) is 4.79 Å². The Balaban J connectivity index is 2.78. The highest BCUT2D eigenvalue weighted by Gasteiger charge is 2.07. The van der Waals surface area contributed by atoms with Crippen LogP contribution < -0.4 is 5.73 Å². The summed E-state index contributed by atoms with van der Waals surface area (Å²) in [6.07, 6.45) is 0.987. The first-order valence-electron chi connectivity index (χ1n) is 5.03. The van der Waals surface area contributed by atoms with E-state index in [0.29, 0.717) is 28.5 Å². The number of hydrogen-bond donors (Lipinski definition) is 1. The van der Waals surface area contributed by atoms with Crippen LogP contribution in [-0.2, 0) is 9.63 Å². The highest BCUT2D eigenvalue weighted by atomic mass is 35.5. The fourth-order valence-corrected chi connectivity index (χ4v) is 1.60. The summed E-state index contributed by atoms with van der Waals surface area (Å²) < 4.78 is 0. The SMILES string of the molecule is CCCC(=O)O/N=C(\N)c1ccc(Cl)cc1Cl. The highest BCUT2D eigenvalue weighted by molar-refractivity contribution is 6.36. The van der Waals surface area contributed by atoms with E-state index < -0.39 is 5.97 Å². The van der Waals surface area contributed by atoms with Crippen LogP contribution in [0.5, 0.6) is 0 Å². The maximum absolute atomic E-state index is 11.1. The van der Waals surface area contributed by atoms with E-state index in [9.17, 15) is 4.79 Å². The molecule has 2 N–H and O–H groups in total. The third-order valence-corrected chi connectivity index (χ3v) is 2.45. The molecule has 0 atom stereocenters. The molecule has 1 rings (SSSR count). The summed E-state index contributed by atoms with van der Waals surface area (Å²) in [5.41, 5.74) is 6.11. The molecule has 0 aliphatic carbocycles. The van der Waals surface area contributed by atoms with Gasteiger partial charge in [0.1, 0.15) is 0 Å². The second-order valence-corrected chi connectivity index (χ2v) is 4.16. The summed E-state index contributed by atoms with van der Waals surface area (Å²) in [5, 5.41) is 4.37. The van der Waals surface area contributed by atoms with Crippen LogP contribution in [0.3, 0.4) is 0 Å². The number of nitrogens with two attached hydrogens (primary N) is 1. The van der Waals surface area contributed by atoms with Gasteiger partial charge in [-0.15, -0.1) is 0 Å². The largest absolute Gasteiger partial charge is 0.380 e. The molecule has 92 valence electrons. The molecule has 0 aliphatic heterocycles. The summed E-state index contributed by atoms with van der Waals surface area (Å²) in [7, 11) is 0. The van der Waals surface area contributed by atoms with Gasteiger partial charge in [-0.2, -0.15) is 0 Å². The Morgan fingerprint density at radius 3 is 2.76 bits per heavy atom. The molecule has 0 aromatic heterocycles. The lowest BCUT2D eigenvalue weighted by molar-refractivity contribution is -0.143. The Morgan fingerprint density at radius 2 is 2.18 bits per heavy atom. The molecule has 1 aromatic carbocycles. The van der Waals surface area contributed by atoms with E-state index in [0.717, 1.165) is 0 Å². The number of amidine groups is 1. The van der Waals surface area contributed by atoms with Crippen LogP contribution in [0.1, 0.15) is 25.3 Å². The first-order chi connectivity index (χ1) is 8.04. The monoisotopic (exact) mass is 274 g/mol. The van der Waals surface area contributed by atoms with Crippen molar-refractivity contribution in [2.45, 2.75) is 19.8 Å². The molecule has 0 radical (unpaired) electrons. The Morgan fingerprint density at radius 1 is 1.47 bits per heavy atom. The van der Waals surface area contributed by atoms with E-state index in [2.05, 4.69) is 9.99 Å². The van der Waals surface area contributed by atoms with Crippen molar-refractivity contribution >= 4 is 35.0 Å². The Hall–Kier alpha value is -1.26. The normalized spacial score (nSPS) is 11.4. The number of hydrogen-bond acceptors (Lipinski definition) is 3. The molecule has 0 spiro atoms. The van der Waals surface area contributed by atoms with Gasteiger partial charge in [0, 0.05) is 17.0 Å². The fraction of sp³-hybridized carbons (Fsp3) is 0.273. The molecular formula is C11H12Cl2N2O2. The molecule has 0 unspecified atom stereocenters. The zero-order chi connectivity index (χ0) is 12.8. The average molecular weight is 275 g/mol. The zero-order valence-electron chi connectivity index (χ0n) is 9.24. The lowest BCUT2D eigenvalue weighted by Crippen LogP contribution is -2.15. The molecule has 4 nitrogen and oxygen atoms in total. The molecule has 1 aromatic rings. The van der Waals surface area contributed by atoms with Crippen LogP contribution >= 0.6 is 23.2 Å².